The minimum Gasteiger partial charge on any atom is -0.399 e. The van der Waals surface area contributed by atoms with Crippen LogP contribution in [0, 0.1) is 0 Å². The summed E-state index contributed by atoms with van der Waals surface area (Å²) >= 11 is 0. The molecule has 82 valence electrons. The summed E-state index contributed by atoms with van der Waals surface area (Å²) in [4.78, 5) is 6.63. The fraction of sp³-hybridized carbons (Fsp3) is 0.583. The predicted octanol–water partition coefficient (Wildman–Crippen LogP) is 2.43. The molecule has 1 aliphatic rings. The zero-order chi connectivity index (χ0) is 10.7. The van der Waals surface area contributed by atoms with Crippen molar-refractivity contribution in [3.63, 3.8) is 0 Å². The maximum absolute atomic E-state index is 5.76. The highest BCUT2D eigenvalue weighted by Crippen LogP contribution is 2.25. The quantitative estimate of drug-likeness (QED) is 0.806. The zero-order valence-electron chi connectivity index (χ0n) is 9.32. The first-order valence-electron chi connectivity index (χ1n) is 5.72. The van der Waals surface area contributed by atoms with Crippen LogP contribution in [0.2, 0.25) is 0 Å². The van der Waals surface area contributed by atoms with Crippen molar-refractivity contribution < 1.29 is 0 Å². The van der Waals surface area contributed by atoms with Crippen LogP contribution in [0.15, 0.2) is 18.3 Å². The normalized spacial score (nSPS) is 17.7. The smallest absolute Gasteiger partial charge is 0.130 e. The van der Waals surface area contributed by atoms with Crippen LogP contribution in [0.4, 0.5) is 11.5 Å². The van der Waals surface area contributed by atoms with Gasteiger partial charge in [-0.3, -0.25) is 0 Å². The van der Waals surface area contributed by atoms with Gasteiger partial charge in [0.15, 0.2) is 0 Å². The van der Waals surface area contributed by atoms with E-state index >= 15 is 0 Å². The Kier molecular flexibility index (Phi) is 3.09. The van der Waals surface area contributed by atoms with Gasteiger partial charge in [0, 0.05) is 31.0 Å². The Hall–Kier alpha value is -1.25. The molecule has 1 saturated carbocycles. The molecule has 1 aromatic rings. The van der Waals surface area contributed by atoms with Gasteiger partial charge in [-0.2, -0.15) is 0 Å². The van der Waals surface area contributed by atoms with Gasteiger partial charge in [-0.15, -0.1) is 0 Å². The molecular formula is C12H19N3. The molecule has 0 aromatic carbocycles. The number of hydrogen-bond acceptors (Lipinski definition) is 3. The molecule has 0 amide bonds. The van der Waals surface area contributed by atoms with Crippen molar-refractivity contribution in [3.8, 4) is 0 Å². The molecule has 1 fully saturated rings. The third-order valence-electron chi connectivity index (χ3n) is 3.25. The van der Waals surface area contributed by atoms with E-state index in [0.717, 1.165) is 11.5 Å². The van der Waals surface area contributed by atoms with Crippen LogP contribution in [0.5, 0.6) is 0 Å². The van der Waals surface area contributed by atoms with Gasteiger partial charge < -0.3 is 10.6 Å². The van der Waals surface area contributed by atoms with Gasteiger partial charge in [-0.05, 0) is 18.9 Å². The molecule has 0 bridgehead atoms. The molecule has 2 N–H and O–H groups in total. The number of rotatable bonds is 2. The summed E-state index contributed by atoms with van der Waals surface area (Å²) in [5.41, 5.74) is 6.55. The molecule has 15 heavy (non-hydrogen) atoms. The van der Waals surface area contributed by atoms with Crippen molar-refractivity contribution >= 4 is 11.5 Å². The van der Waals surface area contributed by atoms with Crippen molar-refractivity contribution in [3.05, 3.63) is 18.3 Å². The average Bonchev–Trinajstić information content (AvgIpc) is 2.29. The van der Waals surface area contributed by atoms with E-state index in [1.165, 1.54) is 32.1 Å². The fourth-order valence-electron chi connectivity index (χ4n) is 2.28. The van der Waals surface area contributed by atoms with Crippen molar-refractivity contribution in [2.45, 2.75) is 38.1 Å². The van der Waals surface area contributed by atoms with E-state index in [2.05, 4.69) is 16.9 Å². The number of nitrogen functional groups attached to an aromatic ring is 1. The van der Waals surface area contributed by atoms with Gasteiger partial charge >= 0.3 is 0 Å². The Labute approximate surface area is 91.3 Å². The first-order chi connectivity index (χ1) is 7.27. The molecule has 1 heterocycles. The first kappa shape index (κ1) is 10.3. The maximum atomic E-state index is 5.76. The number of anilines is 2. The van der Waals surface area contributed by atoms with Gasteiger partial charge in [0.05, 0.1) is 0 Å². The lowest BCUT2D eigenvalue weighted by Crippen LogP contribution is -2.33. The third kappa shape index (κ3) is 2.41. The molecule has 0 spiro atoms. The molecule has 3 heteroatoms. The molecule has 1 aliphatic carbocycles. The summed E-state index contributed by atoms with van der Waals surface area (Å²) < 4.78 is 0. The summed E-state index contributed by atoms with van der Waals surface area (Å²) in [6.45, 7) is 0. The summed E-state index contributed by atoms with van der Waals surface area (Å²) in [6, 6.07) is 4.43. The average molecular weight is 205 g/mol. The van der Waals surface area contributed by atoms with E-state index in [1.54, 1.807) is 6.20 Å². The Morgan fingerprint density at radius 3 is 2.73 bits per heavy atom. The molecule has 0 saturated heterocycles. The maximum Gasteiger partial charge on any atom is 0.130 e. The number of nitrogens with two attached hydrogens (primary N) is 1. The molecule has 3 nitrogen and oxygen atoms in total. The Balaban J connectivity index is 2.08. The van der Waals surface area contributed by atoms with E-state index in [9.17, 15) is 0 Å². The second kappa shape index (κ2) is 4.51. The highest BCUT2D eigenvalue weighted by atomic mass is 15.2. The van der Waals surface area contributed by atoms with E-state index < -0.39 is 0 Å². The summed E-state index contributed by atoms with van der Waals surface area (Å²) in [5.74, 6) is 1.00. The molecule has 0 unspecified atom stereocenters. The SMILES string of the molecule is CN(c1cc(N)ccn1)C1CCCCC1. The Bertz CT molecular complexity index is 318. The standard InChI is InChI=1S/C12H19N3/c1-15(11-5-3-2-4-6-11)12-9-10(13)7-8-14-12/h7-9,11H,2-6H2,1H3,(H2,13,14). The number of nitrogens with zero attached hydrogens (tertiary/aromatic N) is 2. The second-order valence-corrected chi connectivity index (χ2v) is 4.35. The third-order valence-corrected chi connectivity index (χ3v) is 3.25. The predicted molar refractivity (Wildman–Crippen MR) is 63.9 cm³/mol. The topological polar surface area (TPSA) is 42.1 Å². The number of hydrogen-bond donors (Lipinski definition) is 1. The van der Waals surface area contributed by atoms with Crippen LogP contribution in [0.25, 0.3) is 0 Å². The molecule has 2 rings (SSSR count). The Morgan fingerprint density at radius 1 is 1.33 bits per heavy atom. The molecular weight excluding hydrogens is 186 g/mol. The lowest BCUT2D eigenvalue weighted by Gasteiger charge is -2.32. The van der Waals surface area contributed by atoms with Gasteiger partial charge in [-0.25, -0.2) is 4.98 Å². The van der Waals surface area contributed by atoms with Gasteiger partial charge in [0.25, 0.3) is 0 Å². The largest absolute Gasteiger partial charge is 0.399 e. The van der Waals surface area contributed by atoms with Gasteiger partial charge in [0.1, 0.15) is 5.82 Å². The lowest BCUT2D eigenvalue weighted by molar-refractivity contribution is 0.426. The number of pyridine rings is 1. The van der Waals surface area contributed by atoms with Crippen LogP contribution >= 0.6 is 0 Å². The van der Waals surface area contributed by atoms with Crippen molar-refractivity contribution in [2.24, 2.45) is 0 Å². The van der Waals surface area contributed by atoms with Gasteiger partial charge in [-0.1, -0.05) is 19.3 Å². The van der Waals surface area contributed by atoms with Gasteiger partial charge in [0.2, 0.25) is 0 Å². The zero-order valence-corrected chi connectivity index (χ0v) is 9.32. The van der Waals surface area contributed by atoms with E-state index in [0.29, 0.717) is 6.04 Å². The molecule has 0 atom stereocenters. The van der Waals surface area contributed by atoms with E-state index in [-0.39, 0.29) is 0 Å². The number of aromatic nitrogens is 1. The second-order valence-electron chi connectivity index (χ2n) is 4.35. The minimum atomic E-state index is 0.646. The highest BCUT2D eigenvalue weighted by molar-refractivity contribution is 5.50. The van der Waals surface area contributed by atoms with Crippen LogP contribution in [0.3, 0.4) is 0 Å². The van der Waals surface area contributed by atoms with E-state index in [4.69, 9.17) is 5.73 Å². The van der Waals surface area contributed by atoms with Crippen LogP contribution < -0.4 is 10.6 Å². The summed E-state index contributed by atoms with van der Waals surface area (Å²) in [6.07, 6.45) is 8.42. The minimum absolute atomic E-state index is 0.646. The lowest BCUT2D eigenvalue weighted by atomic mass is 9.94. The van der Waals surface area contributed by atoms with Crippen molar-refractivity contribution in [2.75, 3.05) is 17.7 Å². The van der Waals surface area contributed by atoms with Crippen molar-refractivity contribution in [1.29, 1.82) is 0 Å². The van der Waals surface area contributed by atoms with E-state index in [1.807, 2.05) is 12.1 Å². The molecule has 0 radical (unpaired) electrons. The summed E-state index contributed by atoms with van der Waals surface area (Å²) in [7, 11) is 2.12. The van der Waals surface area contributed by atoms with Crippen molar-refractivity contribution in [1.82, 2.24) is 4.98 Å². The Morgan fingerprint density at radius 2 is 2.07 bits per heavy atom. The monoisotopic (exact) mass is 205 g/mol. The summed E-state index contributed by atoms with van der Waals surface area (Å²) in [5, 5.41) is 0. The molecule has 1 aromatic heterocycles. The van der Waals surface area contributed by atoms with Crippen LogP contribution in [-0.2, 0) is 0 Å². The van der Waals surface area contributed by atoms with Crippen LogP contribution in [-0.4, -0.2) is 18.1 Å². The van der Waals surface area contributed by atoms with Crippen LogP contribution in [0.1, 0.15) is 32.1 Å². The first-order valence-corrected chi connectivity index (χ1v) is 5.72. The molecule has 0 aliphatic heterocycles. The highest BCUT2D eigenvalue weighted by Gasteiger charge is 2.18. The fourth-order valence-corrected chi connectivity index (χ4v) is 2.28.